The number of H-pyrrole nitrogens is 2. The van der Waals surface area contributed by atoms with Gasteiger partial charge in [-0.15, -0.1) is 0 Å². The van der Waals surface area contributed by atoms with Gasteiger partial charge in [0.1, 0.15) is 11.5 Å². The van der Waals surface area contributed by atoms with Crippen LogP contribution in [0.4, 0.5) is 11.6 Å². The van der Waals surface area contributed by atoms with Crippen LogP contribution in [0, 0.1) is 0 Å². The van der Waals surface area contributed by atoms with Crippen LogP contribution < -0.4 is 10.1 Å². The Morgan fingerprint density at radius 2 is 1.84 bits per heavy atom. The van der Waals surface area contributed by atoms with Crippen molar-refractivity contribution in [2.24, 2.45) is 0 Å². The number of carbonyl (C=O) groups excluding carboxylic acids is 1. The zero-order chi connectivity index (χ0) is 21.4. The van der Waals surface area contributed by atoms with E-state index in [4.69, 9.17) is 4.74 Å². The predicted octanol–water partition coefficient (Wildman–Crippen LogP) is 5.28. The lowest BCUT2D eigenvalue weighted by atomic mass is 10.1. The molecular weight excluding hydrogens is 390 g/mol. The second-order valence-corrected chi connectivity index (χ2v) is 7.43. The van der Waals surface area contributed by atoms with Gasteiger partial charge in [-0.05, 0) is 30.3 Å². The first-order chi connectivity index (χ1) is 15.1. The molecule has 0 aliphatic carbocycles. The lowest BCUT2D eigenvalue weighted by Crippen LogP contribution is -2.21. The van der Waals surface area contributed by atoms with Gasteiger partial charge in [0.2, 0.25) is 5.95 Å². The number of aromatic amines is 2. The number of nitrogens with one attached hydrogen (secondary N) is 3. The summed E-state index contributed by atoms with van der Waals surface area (Å²) in [7, 11) is 3.49. The van der Waals surface area contributed by atoms with E-state index in [2.05, 4.69) is 20.3 Å². The Kier molecular flexibility index (Phi) is 4.55. The normalized spacial score (nSPS) is 11.0. The Hall–Kier alpha value is -4.26. The third kappa shape index (κ3) is 3.57. The molecule has 7 nitrogen and oxygen atoms in total. The Labute approximate surface area is 178 Å². The fourth-order valence-corrected chi connectivity index (χ4v) is 3.54. The largest absolute Gasteiger partial charge is 0.457 e. The number of fused-ring (bicyclic) bond motifs is 2. The molecule has 1 amide bonds. The van der Waals surface area contributed by atoms with E-state index in [0.717, 1.165) is 39.1 Å². The number of imidazole rings is 1. The van der Waals surface area contributed by atoms with E-state index in [0.29, 0.717) is 11.5 Å². The second kappa shape index (κ2) is 7.53. The van der Waals surface area contributed by atoms with E-state index in [9.17, 15) is 4.79 Å². The highest BCUT2D eigenvalue weighted by Gasteiger charge is 2.15. The molecule has 0 atom stereocenters. The molecule has 0 saturated heterocycles. The molecule has 3 aromatic carbocycles. The number of carbonyl (C=O) groups is 1. The highest BCUT2D eigenvalue weighted by atomic mass is 16.5. The van der Waals surface area contributed by atoms with Gasteiger partial charge >= 0.3 is 0 Å². The van der Waals surface area contributed by atoms with E-state index >= 15 is 0 Å². The molecule has 0 aliphatic heterocycles. The number of amides is 1. The molecule has 0 unspecified atom stereocenters. The van der Waals surface area contributed by atoms with Gasteiger partial charge < -0.3 is 24.9 Å². The first kappa shape index (κ1) is 18.7. The topological polar surface area (TPSA) is 86.0 Å². The van der Waals surface area contributed by atoms with Crippen molar-refractivity contribution in [2.75, 3.05) is 19.4 Å². The van der Waals surface area contributed by atoms with Crippen molar-refractivity contribution in [2.45, 2.75) is 0 Å². The van der Waals surface area contributed by atoms with Crippen molar-refractivity contribution in [1.82, 2.24) is 19.9 Å². The Morgan fingerprint density at radius 1 is 1.00 bits per heavy atom. The summed E-state index contributed by atoms with van der Waals surface area (Å²) >= 11 is 0. The van der Waals surface area contributed by atoms with E-state index in [1.165, 1.54) is 0 Å². The minimum atomic E-state index is -0.0475. The summed E-state index contributed by atoms with van der Waals surface area (Å²) in [6.07, 6.45) is 1.84. The average molecular weight is 411 g/mol. The third-order valence-electron chi connectivity index (χ3n) is 5.04. The number of nitrogens with zero attached hydrogens (tertiary/aromatic N) is 2. The van der Waals surface area contributed by atoms with Gasteiger partial charge in [-0.2, -0.15) is 0 Å². The van der Waals surface area contributed by atoms with Crippen molar-refractivity contribution < 1.29 is 9.53 Å². The Bertz CT molecular complexity index is 1390. The van der Waals surface area contributed by atoms with Crippen molar-refractivity contribution in [3.8, 4) is 11.5 Å². The summed E-state index contributed by atoms with van der Waals surface area (Å²) < 4.78 is 5.91. The molecule has 0 radical (unpaired) electrons. The monoisotopic (exact) mass is 411 g/mol. The van der Waals surface area contributed by atoms with Gasteiger partial charge in [0.05, 0.1) is 27.8 Å². The molecular formula is C24H21N5O2. The number of hydrogen-bond acceptors (Lipinski definition) is 4. The molecule has 0 bridgehead atoms. The van der Waals surface area contributed by atoms with Crippen LogP contribution >= 0.6 is 0 Å². The van der Waals surface area contributed by atoms with Gasteiger partial charge in [-0.1, -0.05) is 30.3 Å². The van der Waals surface area contributed by atoms with Crippen molar-refractivity contribution in [1.29, 1.82) is 0 Å². The summed E-state index contributed by atoms with van der Waals surface area (Å²) in [5.41, 5.74) is 3.94. The van der Waals surface area contributed by atoms with Crippen LogP contribution in [0.25, 0.3) is 21.9 Å². The van der Waals surface area contributed by atoms with Gasteiger partial charge in [0.15, 0.2) is 0 Å². The average Bonchev–Trinajstić information content (AvgIpc) is 3.37. The highest BCUT2D eigenvalue weighted by Crippen LogP contribution is 2.30. The van der Waals surface area contributed by atoms with Gasteiger partial charge in [0.25, 0.3) is 5.91 Å². The first-order valence-corrected chi connectivity index (χ1v) is 9.90. The molecule has 7 heteroatoms. The third-order valence-corrected chi connectivity index (χ3v) is 5.04. The first-order valence-electron chi connectivity index (χ1n) is 9.90. The van der Waals surface area contributed by atoms with E-state index in [1.54, 1.807) is 19.0 Å². The lowest BCUT2D eigenvalue weighted by molar-refractivity contribution is 0.0829. The van der Waals surface area contributed by atoms with E-state index in [1.807, 2.05) is 72.9 Å². The maximum absolute atomic E-state index is 12.5. The Balaban J connectivity index is 1.43. The van der Waals surface area contributed by atoms with E-state index in [-0.39, 0.29) is 5.91 Å². The maximum Gasteiger partial charge on any atom is 0.255 e. The molecule has 2 aromatic heterocycles. The molecule has 5 rings (SSSR count). The maximum atomic E-state index is 12.5. The number of para-hydroxylation sites is 2. The lowest BCUT2D eigenvalue weighted by Gasteiger charge is -2.11. The molecule has 3 N–H and O–H groups in total. The van der Waals surface area contributed by atoms with Gasteiger partial charge in [0, 0.05) is 31.7 Å². The van der Waals surface area contributed by atoms with Crippen LogP contribution in [0.15, 0.2) is 72.9 Å². The molecule has 5 aromatic rings. The fraction of sp³-hybridized carbons (Fsp3) is 0.0833. The molecule has 2 heterocycles. The SMILES string of the molecule is CN(C)C(=O)c1cccc2c(Nc3nc4ccc(Oc5ccccc5)cc4[nH]3)c[nH]c12. The quantitative estimate of drug-likeness (QED) is 0.367. The van der Waals surface area contributed by atoms with Crippen molar-refractivity contribution >= 4 is 39.5 Å². The van der Waals surface area contributed by atoms with E-state index < -0.39 is 0 Å². The summed E-state index contributed by atoms with van der Waals surface area (Å²) in [6, 6.07) is 21.0. The van der Waals surface area contributed by atoms with Crippen LogP contribution in [0.2, 0.25) is 0 Å². The molecule has 0 saturated carbocycles. The standard InChI is InChI=1S/C24H21N5O2/c1-29(2)23(30)18-10-6-9-17-21(14-25-22(17)18)28-24-26-19-12-11-16(13-20(19)27-24)31-15-7-4-3-5-8-15/h3-14,25H,1-2H3,(H2,26,27,28). The number of ether oxygens (including phenoxy) is 1. The summed E-state index contributed by atoms with van der Waals surface area (Å²) in [4.78, 5) is 25.1. The summed E-state index contributed by atoms with van der Waals surface area (Å²) in [5.74, 6) is 2.07. The number of anilines is 2. The minimum absolute atomic E-state index is 0.0475. The van der Waals surface area contributed by atoms with Gasteiger partial charge in [-0.3, -0.25) is 4.79 Å². The molecule has 0 fully saturated rings. The molecule has 0 aliphatic rings. The number of rotatable bonds is 5. The summed E-state index contributed by atoms with van der Waals surface area (Å²) in [5, 5.41) is 4.24. The fourth-order valence-electron chi connectivity index (χ4n) is 3.54. The highest BCUT2D eigenvalue weighted by molar-refractivity contribution is 6.09. The van der Waals surface area contributed by atoms with Crippen LogP contribution in [-0.4, -0.2) is 39.9 Å². The number of benzene rings is 3. The zero-order valence-corrected chi connectivity index (χ0v) is 17.1. The predicted molar refractivity (Wildman–Crippen MR) is 122 cm³/mol. The minimum Gasteiger partial charge on any atom is -0.457 e. The van der Waals surface area contributed by atoms with Crippen LogP contribution in [0.3, 0.4) is 0 Å². The van der Waals surface area contributed by atoms with Gasteiger partial charge in [-0.25, -0.2) is 4.98 Å². The van der Waals surface area contributed by atoms with Crippen molar-refractivity contribution in [3.05, 3.63) is 78.5 Å². The number of hydrogen-bond donors (Lipinski definition) is 3. The second-order valence-electron chi connectivity index (χ2n) is 7.43. The summed E-state index contributed by atoms with van der Waals surface area (Å²) in [6.45, 7) is 0. The smallest absolute Gasteiger partial charge is 0.255 e. The van der Waals surface area contributed by atoms with Crippen molar-refractivity contribution in [3.63, 3.8) is 0 Å². The van der Waals surface area contributed by atoms with Crippen LogP contribution in [0.5, 0.6) is 11.5 Å². The molecule has 154 valence electrons. The molecule has 0 spiro atoms. The van der Waals surface area contributed by atoms with Crippen LogP contribution in [-0.2, 0) is 0 Å². The number of aromatic nitrogens is 3. The Morgan fingerprint density at radius 3 is 2.65 bits per heavy atom. The zero-order valence-electron chi connectivity index (χ0n) is 17.1. The molecule has 31 heavy (non-hydrogen) atoms. The van der Waals surface area contributed by atoms with Crippen LogP contribution in [0.1, 0.15) is 10.4 Å².